The second-order valence-corrected chi connectivity index (χ2v) is 8.88. The van der Waals surface area contributed by atoms with E-state index in [2.05, 4.69) is 23.7 Å². The van der Waals surface area contributed by atoms with Gasteiger partial charge in [0.05, 0.1) is 25.9 Å². The standard InChI is InChI=1S/C26H28N2O5S/c1-4-20-18-12-14-34-24(18)11-13-28(20)26(30)17-9-10-22(23(15-17)32-3)33-16-25(29)27-19-7-5-6-8-21(19)31-2/h5-10,12,14-15,20H,4,11,13,16H2,1-3H3,(H,27,29). The molecular weight excluding hydrogens is 452 g/mol. The number of carbonyl (C=O) groups excluding carboxylic acids is 2. The molecule has 178 valence electrons. The number of amides is 2. The predicted molar refractivity (Wildman–Crippen MR) is 132 cm³/mol. The number of nitrogens with zero attached hydrogens (tertiary/aromatic N) is 1. The van der Waals surface area contributed by atoms with E-state index in [1.54, 1.807) is 48.8 Å². The number of methoxy groups -OCH3 is 2. The number of ether oxygens (including phenoxy) is 3. The largest absolute Gasteiger partial charge is 0.495 e. The number of para-hydroxylation sites is 2. The minimum Gasteiger partial charge on any atom is -0.495 e. The number of benzene rings is 2. The maximum absolute atomic E-state index is 13.4. The van der Waals surface area contributed by atoms with Crippen LogP contribution in [0.3, 0.4) is 0 Å². The SMILES string of the molecule is CCC1c2ccsc2CCN1C(=O)c1ccc(OCC(=O)Nc2ccccc2OC)c(OC)c1. The van der Waals surface area contributed by atoms with Gasteiger partial charge in [0.2, 0.25) is 0 Å². The van der Waals surface area contributed by atoms with Gasteiger partial charge in [-0.1, -0.05) is 19.1 Å². The van der Waals surface area contributed by atoms with E-state index in [9.17, 15) is 9.59 Å². The second kappa shape index (κ2) is 10.6. The molecule has 0 bridgehead atoms. The first kappa shape index (κ1) is 23.6. The number of rotatable bonds is 8. The van der Waals surface area contributed by atoms with E-state index in [1.807, 2.05) is 17.0 Å². The molecule has 1 aliphatic rings. The van der Waals surface area contributed by atoms with Crippen molar-refractivity contribution in [2.24, 2.45) is 0 Å². The fourth-order valence-corrected chi connectivity index (χ4v) is 5.17. The monoisotopic (exact) mass is 480 g/mol. The minimum atomic E-state index is -0.336. The van der Waals surface area contributed by atoms with Crippen LogP contribution >= 0.6 is 11.3 Å². The topological polar surface area (TPSA) is 77.1 Å². The van der Waals surface area contributed by atoms with Gasteiger partial charge >= 0.3 is 0 Å². The maximum Gasteiger partial charge on any atom is 0.262 e. The van der Waals surface area contributed by atoms with Gasteiger partial charge in [0.1, 0.15) is 5.75 Å². The van der Waals surface area contributed by atoms with E-state index in [0.717, 1.165) is 12.8 Å². The lowest BCUT2D eigenvalue weighted by Crippen LogP contribution is -2.39. The second-order valence-electron chi connectivity index (χ2n) is 7.87. The number of carbonyl (C=O) groups is 2. The van der Waals surface area contributed by atoms with Gasteiger partial charge in [-0.25, -0.2) is 0 Å². The summed E-state index contributed by atoms with van der Waals surface area (Å²) in [5, 5.41) is 4.87. The average molecular weight is 481 g/mol. The molecule has 1 N–H and O–H groups in total. The Bertz CT molecular complexity index is 1180. The van der Waals surface area contributed by atoms with Crippen LogP contribution in [-0.4, -0.2) is 44.1 Å². The molecule has 0 spiro atoms. The Labute approximate surface area is 203 Å². The quantitative estimate of drug-likeness (QED) is 0.495. The summed E-state index contributed by atoms with van der Waals surface area (Å²) in [6.45, 7) is 2.58. The highest BCUT2D eigenvalue weighted by molar-refractivity contribution is 7.10. The Morgan fingerprint density at radius 2 is 1.85 bits per heavy atom. The van der Waals surface area contributed by atoms with Crippen molar-refractivity contribution in [3.8, 4) is 17.2 Å². The first-order valence-corrected chi connectivity index (χ1v) is 12.0. The normalized spacial score (nSPS) is 14.8. The molecule has 0 saturated carbocycles. The third-order valence-electron chi connectivity index (χ3n) is 5.89. The molecule has 7 nitrogen and oxygen atoms in total. The lowest BCUT2D eigenvalue weighted by atomic mass is 9.97. The Hall–Kier alpha value is -3.52. The lowest BCUT2D eigenvalue weighted by Gasteiger charge is -2.35. The Kier molecular flexibility index (Phi) is 7.37. The van der Waals surface area contributed by atoms with Crippen LogP contribution in [0, 0.1) is 0 Å². The molecule has 0 aliphatic carbocycles. The minimum absolute atomic E-state index is 0.0394. The van der Waals surface area contributed by atoms with Crippen LogP contribution in [0.2, 0.25) is 0 Å². The van der Waals surface area contributed by atoms with Crippen molar-refractivity contribution in [3.63, 3.8) is 0 Å². The fourth-order valence-electron chi connectivity index (χ4n) is 4.24. The molecule has 2 aromatic carbocycles. The van der Waals surface area contributed by atoms with E-state index < -0.39 is 0 Å². The van der Waals surface area contributed by atoms with E-state index in [0.29, 0.717) is 35.0 Å². The molecule has 1 aromatic heterocycles. The van der Waals surface area contributed by atoms with Crippen molar-refractivity contribution in [3.05, 3.63) is 69.9 Å². The highest BCUT2D eigenvalue weighted by atomic mass is 32.1. The Balaban J connectivity index is 1.44. The first-order chi connectivity index (χ1) is 16.5. The van der Waals surface area contributed by atoms with Crippen molar-refractivity contribution in [1.29, 1.82) is 0 Å². The molecule has 0 fully saturated rings. The van der Waals surface area contributed by atoms with Crippen molar-refractivity contribution >= 4 is 28.8 Å². The van der Waals surface area contributed by atoms with Crippen LogP contribution in [0.1, 0.15) is 40.2 Å². The average Bonchev–Trinajstić information content (AvgIpc) is 3.35. The summed E-state index contributed by atoms with van der Waals surface area (Å²) in [6, 6.07) is 14.4. The highest BCUT2D eigenvalue weighted by Gasteiger charge is 2.31. The zero-order valence-corrected chi connectivity index (χ0v) is 20.3. The van der Waals surface area contributed by atoms with Gasteiger partial charge in [0, 0.05) is 17.0 Å². The Morgan fingerprint density at radius 3 is 2.62 bits per heavy atom. The first-order valence-electron chi connectivity index (χ1n) is 11.2. The van der Waals surface area contributed by atoms with Crippen LogP contribution in [0.4, 0.5) is 5.69 Å². The molecule has 1 aliphatic heterocycles. The third kappa shape index (κ3) is 4.87. The number of thiophene rings is 1. The van der Waals surface area contributed by atoms with Gasteiger partial charge in [0.25, 0.3) is 11.8 Å². The molecule has 4 rings (SSSR count). The molecule has 1 unspecified atom stereocenters. The number of nitrogens with one attached hydrogen (secondary N) is 1. The van der Waals surface area contributed by atoms with Crippen molar-refractivity contribution in [2.45, 2.75) is 25.8 Å². The molecule has 2 heterocycles. The van der Waals surface area contributed by atoms with Gasteiger partial charge in [0.15, 0.2) is 18.1 Å². The molecule has 3 aromatic rings. The smallest absolute Gasteiger partial charge is 0.262 e. The maximum atomic E-state index is 13.4. The summed E-state index contributed by atoms with van der Waals surface area (Å²) in [7, 11) is 3.06. The number of fused-ring (bicyclic) bond motifs is 1. The third-order valence-corrected chi connectivity index (χ3v) is 6.89. The summed E-state index contributed by atoms with van der Waals surface area (Å²) in [6.07, 6.45) is 1.73. The number of anilines is 1. The molecular formula is C26H28N2O5S. The van der Waals surface area contributed by atoms with Gasteiger partial charge in [-0.3, -0.25) is 9.59 Å². The van der Waals surface area contributed by atoms with Gasteiger partial charge in [-0.05, 0) is 60.2 Å². The van der Waals surface area contributed by atoms with Crippen LogP contribution < -0.4 is 19.5 Å². The van der Waals surface area contributed by atoms with E-state index in [4.69, 9.17) is 14.2 Å². The van der Waals surface area contributed by atoms with Gasteiger partial charge < -0.3 is 24.4 Å². The van der Waals surface area contributed by atoms with Gasteiger partial charge in [-0.15, -0.1) is 11.3 Å². The lowest BCUT2D eigenvalue weighted by molar-refractivity contribution is -0.118. The highest BCUT2D eigenvalue weighted by Crippen LogP contribution is 2.37. The zero-order chi connectivity index (χ0) is 24.1. The molecule has 8 heteroatoms. The molecule has 0 radical (unpaired) electrons. The van der Waals surface area contributed by atoms with E-state index in [1.165, 1.54) is 17.6 Å². The number of hydrogen-bond donors (Lipinski definition) is 1. The predicted octanol–water partition coefficient (Wildman–Crippen LogP) is 4.93. The summed E-state index contributed by atoms with van der Waals surface area (Å²) in [5.41, 5.74) is 2.34. The fraction of sp³-hybridized carbons (Fsp3) is 0.308. The summed E-state index contributed by atoms with van der Waals surface area (Å²) in [4.78, 5) is 29.1. The summed E-state index contributed by atoms with van der Waals surface area (Å²) in [5.74, 6) is 0.978. The van der Waals surface area contributed by atoms with Crippen LogP contribution in [0.5, 0.6) is 17.2 Å². The molecule has 0 saturated heterocycles. The molecule has 1 atom stereocenters. The molecule has 2 amide bonds. The van der Waals surface area contributed by atoms with E-state index in [-0.39, 0.29) is 24.5 Å². The van der Waals surface area contributed by atoms with E-state index >= 15 is 0 Å². The number of hydrogen-bond acceptors (Lipinski definition) is 6. The van der Waals surface area contributed by atoms with Crippen molar-refractivity contribution < 1.29 is 23.8 Å². The van der Waals surface area contributed by atoms with Crippen LogP contribution in [-0.2, 0) is 11.2 Å². The summed E-state index contributed by atoms with van der Waals surface area (Å²) >= 11 is 1.76. The van der Waals surface area contributed by atoms with Crippen LogP contribution in [0.25, 0.3) is 0 Å². The van der Waals surface area contributed by atoms with Crippen LogP contribution in [0.15, 0.2) is 53.9 Å². The zero-order valence-electron chi connectivity index (χ0n) is 19.5. The van der Waals surface area contributed by atoms with Crippen molar-refractivity contribution in [1.82, 2.24) is 4.90 Å². The van der Waals surface area contributed by atoms with Crippen molar-refractivity contribution in [2.75, 3.05) is 32.7 Å². The Morgan fingerprint density at radius 1 is 1.06 bits per heavy atom. The molecule has 34 heavy (non-hydrogen) atoms. The van der Waals surface area contributed by atoms with Gasteiger partial charge in [-0.2, -0.15) is 0 Å². The summed E-state index contributed by atoms with van der Waals surface area (Å²) < 4.78 is 16.4.